The van der Waals surface area contributed by atoms with Crippen LogP contribution in [0.3, 0.4) is 0 Å². The highest BCUT2D eigenvalue weighted by Gasteiger charge is 2.22. The minimum Gasteiger partial charge on any atom is -0.464 e. The van der Waals surface area contributed by atoms with Gasteiger partial charge in [0.25, 0.3) is 0 Å². The number of furan rings is 1. The topological polar surface area (TPSA) is 49.6 Å². The summed E-state index contributed by atoms with van der Waals surface area (Å²) >= 11 is 0. The molecular formula is C22H25N3O2. The Kier molecular flexibility index (Phi) is 4.94. The number of piperazine rings is 1. The largest absolute Gasteiger partial charge is 0.464 e. The Bertz CT molecular complexity index is 941. The molecule has 0 aliphatic carbocycles. The summed E-state index contributed by atoms with van der Waals surface area (Å²) in [7, 11) is 0. The monoisotopic (exact) mass is 363 g/mol. The van der Waals surface area contributed by atoms with Gasteiger partial charge in [-0.25, -0.2) is 0 Å². The molecule has 1 fully saturated rings. The molecular weight excluding hydrogens is 338 g/mol. The van der Waals surface area contributed by atoms with E-state index in [0.29, 0.717) is 6.42 Å². The quantitative estimate of drug-likeness (QED) is 0.713. The van der Waals surface area contributed by atoms with Crippen LogP contribution in [-0.4, -0.2) is 46.9 Å². The highest BCUT2D eigenvalue weighted by molar-refractivity contribution is 5.88. The summed E-state index contributed by atoms with van der Waals surface area (Å²) in [6.07, 6.45) is 5.79. The van der Waals surface area contributed by atoms with Crippen LogP contribution in [0.25, 0.3) is 11.0 Å². The third-order valence-corrected chi connectivity index (χ3v) is 5.49. The zero-order chi connectivity index (χ0) is 18.8. The molecule has 0 N–H and O–H groups in total. The number of carbonyl (C=O) groups excluding carboxylic acids is 1. The van der Waals surface area contributed by atoms with E-state index >= 15 is 0 Å². The number of rotatable bonds is 4. The maximum absolute atomic E-state index is 12.8. The summed E-state index contributed by atoms with van der Waals surface area (Å²) in [4.78, 5) is 21.2. The van der Waals surface area contributed by atoms with Crippen molar-refractivity contribution in [2.45, 2.75) is 26.8 Å². The summed E-state index contributed by atoms with van der Waals surface area (Å²) in [5.74, 6) is 0.180. The molecule has 2 aromatic heterocycles. The number of nitrogens with zero attached hydrogens (tertiary/aromatic N) is 3. The van der Waals surface area contributed by atoms with Crippen LogP contribution in [0.4, 0.5) is 0 Å². The summed E-state index contributed by atoms with van der Waals surface area (Å²) in [6.45, 7) is 8.44. The van der Waals surface area contributed by atoms with Crippen molar-refractivity contribution in [2.24, 2.45) is 0 Å². The fraction of sp³-hybridized carbons (Fsp3) is 0.364. The van der Waals surface area contributed by atoms with Gasteiger partial charge in [-0.3, -0.25) is 14.7 Å². The Labute approximate surface area is 159 Å². The van der Waals surface area contributed by atoms with Crippen LogP contribution in [0.1, 0.15) is 22.3 Å². The number of amides is 1. The SMILES string of the molecule is Cc1cc2occ(CC(=O)N3CCN(Cc4ccncc4)CC3)c2cc1C. The first-order valence-electron chi connectivity index (χ1n) is 9.46. The van der Waals surface area contributed by atoms with Gasteiger partial charge in [0.05, 0.1) is 12.7 Å². The fourth-order valence-electron chi connectivity index (χ4n) is 3.65. The van der Waals surface area contributed by atoms with Crippen molar-refractivity contribution in [3.05, 3.63) is 65.2 Å². The zero-order valence-electron chi connectivity index (χ0n) is 15.9. The van der Waals surface area contributed by atoms with Crippen molar-refractivity contribution < 1.29 is 9.21 Å². The lowest BCUT2D eigenvalue weighted by Gasteiger charge is -2.34. The summed E-state index contributed by atoms with van der Waals surface area (Å²) < 4.78 is 5.67. The molecule has 0 radical (unpaired) electrons. The third-order valence-electron chi connectivity index (χ3n) is 5.49. The highest BCUT2D eigenvalue weighted by atomic mass is 16.3. The maximum atomic E-state index is 12.8. The second-order valence-corrected chi connectivity index (χ2v) is 7.38. The van der Waals surface area contributed by atoms with Crippen molar-refractivity contribution >= 4 is 16.9 Å². The molecule has 3 aromatic rings. The molecule has 1 aliphatic heterocycles. The molecule has 4 rings (SSSR count). The summed E-state index contributed by atoms with van der Waals surface area (Å²) in [5, 5.41) is 1.06. The average Bonchev–Trinajstić information content (AvgIpc) is 3.05. The number of carbonyl (C=O) groups is 1. The minimum absolute atomic E-state index is 0.180. The number of pyridine rings is 1. The molecule has 5 heteroatoms. The predicted octanol–water partition coefficient (Wildman–Crippen LogP) is 3.33. The average molecular weight is 363 g/mol. The summed E-state index contributed by atoms with van der Waals surface area (Å²) in [5.41, 5.74) is 5.54. The Hall–Kier alpha value is -2.66. The lowest BCUT2D eigenvalue weighted by atomic mass is 10.0. The van der Waals surface area contributed by atoms with E-state index in [1.165, 1.54) is 16.7 Å². The lowest BCUT2D eigenvalue weighted by molar-refractivity contribution is -0.132. The van der Waals surface area contributed by atoms with Gasteiger partial charge < -0.3 is 9.32 Å². The molecule has 27 heavy (non-hydrogen) atoms. The van der Waals surface area contributed by atoms with E-state index in [4.69, 9.17) is 4.42 Å². The van der Waals surface area contributed by atoms with Crippen molar-refractivity contribution in [3.8, 4) is 0 Å². The van der Waals surface area contributed by atoms with Gasteiger partial charge in [-0.15, -0.1) is 0 Å². The summed E-state index contributed by atoms with van der Waals surface area (Å²) in [6, 6.07) is 8.27. The lowest BCUT2D eigenvalue weighted by Crippen LogP contribution is -2.48. The predicted molar refractivity (Wildman–Crippen MR) is 105 cm³/mol. The number of fused-ring (bicyclic) bond motifs is 1. The first-order valence-corrected chi connectivity index (χ1v) is 9.46. The second-order valence-electron chi connectivity index (χ2n) is 7.38. The standard InChI is InChI=1S/C22H25N3O2/c1-16-11-20-19(15-27-21(20)12-17(16)2)13-22(26)25-9-7-24(8-10-25)14-18-3-5-23-6-4-18/h3-6,11-12,15H,7-10,13-14H2,1-2H3. The van der Waals surface area contributed by atoms with E-state index < -0.39 is 0 Å². The van der Waals surface area contributed by atoms with Crippen LogP contribution in [0.15, 0.2) is 47.3 Å². The van der Waals surface area contributed by atoms with Crippen LogP contribution < -0.4 is 0 Å². The number of benzene rings is 1. The Morgan fingerprint density at radius 3 is 2.52 bits per heavy atom. The first kappa shape index (κ1) is 17.7. The van der Waals surface area contributed by atoms with Crippen molar-refractivity contribution in [1.29, 1.82) is 0 Å². The van der Waals surface area contributed by atoms with Gasteiger partial charge in [0, 0.05) is 56.1 Å². The van der Waals surface area contributed by atoms with E-state index in [0.717, 1.165) is 49.3 Å². The van der Waals surface area contributed by atoms with Gasteiger partial charge in [0.2, 0.25) is 5.91 Å². The molecule has 0 bridgehead atoms. The van der Waals surface area contributed by atoms with Gasteiger partial charge in [-0.2, -0.15) is 0 Å². The number of aryl methyl sites for hydroxylation is 2. The van der Waals surface area contributed by atoms with Gasteiger partial charge >= 0.3 is 0 Å². The molecule has 0 saturated carbocycles. The van der Waals surface area contributed by atoms with Crippen molar-refractivity contribution in [1.82, 2.24) is 14.8 Å². The maximum Gasteiger partial charge on any atom is 0.227 e. The normalized spacial score (nSPS) is 15.4. The van der Waals surface area contributed by atoms with E-state index in [2.05, 4.69) is 35.9 Å². The molecule has 1 amide bonds. The van der Waals surface area contributed by atoms with Gasteiger partial charge in [-0.1, -0.05) is 0 Å². The van der Waals surface area contributed by atoms with Crippen LogP contribution in [0, 0.1) is 13.8 Å². The van der Waals surface area contributed by atoms with Crippen LogP contribution in [-0.2, 0) is 17.8 Å². The molecule has 1 saturated heterocycles. The molecule has 0 spiro atoms. The molecule has 1 aromatic carbocycles. The second kappa shape index (κ2) is 7.53. The first-order chi connectivity index (χ1) is 13.1. The van der Waals surface area contributed by atoms with Crippen LogP contribution in [0.5, 0.6) is 0 Å². The number of hydrogen-bond donors (Lipinski definition) is 0. The smallest absolute Gasteiger partial charge is 0.227 e. The molecule has 140 valence electrons. The van der Waals surface area contributed by atoms with Crippen molar-refractivity contribution in [2.75, 3.05) is 26.2 Å². The molecule has 0 unspecified atom stereocenters. The fourth-order valence-corrected chi connectivity index (χ4v) is 3.65. The number of hydrogen-bond acceptors (Lipinski definition) is 4. The van der Waals surface area contributed by atoms with Gasteiger partial charge in [0.1, 0.15) is 5.58 Å². The molecule has 5 nitrogen and oxygen atoms in total. The van der Waals surface area contributed by atoms with Crippen molar-refractivity contribution in [3.63, 3.8) is 0 Å². The van der Waals surface area contributed by atoms with E-state index in [1.54, 1.807) is 6.26 Å². The van der Waals surface area contributed by atoms with Crippen LogP contribution in [0.2, 0.25) is 0 Å². The third kappa shape index (κ3) is 3.88. The number of aromatic nitrogens is 1. The van der Waals surface area contributed by atoms with E-state index in [-0.39, 0.29) is 5.91 Å². The molecule has 0 atom stereocenters. The minimum atomic E-state index is 0.180. The highest BCUT2D eigenvalue weighted by Crippen LogP contribution is 2.25. The van der Waals surface area contributed by atoms with E-state index in [1.807, 2.05) is 29.4 Å². The zero-order valence-corrected chi connectivity index (χ0v) is 15.9. The van der Waals surface area contributed by atoms with Crippen LogP contribution >= 0.6 is 0 Å². The Morgan fingerprint density at radius 1 is 1.07 bits per heavy atom. The molecule has 1 aliphatic rings. The Balaban J connectivity index is 1.37. The van der Waals surface area contributed by atoms with E-state index in [9.17, 15) is 4.79 Å². The molecule has 3 heterocycles. The van der Waals surface area contributed by atoms with Gasteiger partial charge in [-0.05, 0) is 54.8 Å². The van der Waals surface area contributed by atoms with Gasteiger partial charge in [0.15, 0.2) is 0 Å². The Morgan fingerprint density at radius 2 is 1.78 bits per heavy atom.